The first kappa shape index (κ1) is 17.3. The molecule has 0 bridgehead atoms. The molecular weight excluding hydrogens is 372 g/mol. The highest BCUT2D eigenvalue weighted by molar-refractivity contribution is 7.99. The molecule has 1 N–H and O–H groups in total. The van der Waals surface area contributed by atoms with Crippen molar-refractivity contribution in [3.8, 4) is 5.00 Å². The molecule has 130 valence electrons. The summed E-state index contributed by atoms with van der Waals surface area (Å²) in [4.78, 5) is 24.6. The van der Waals surface area contributed by atoms with Gasteiger partial charge in [0.25, 0.3) is 5.76 Å². The van der Waals surface area contributed by atoms with Crippen molar-refractivity contribution in [3.05, 3.63) is 52.3 Å². The Bertz CT molecular complexity index is 923. The number of aromatic nitrogens is 4. The first-order valence-corrected chi connectivity index (χ1v) is 8.71. The van der Waals surface area contributed by atoms with E-state index in [9.17, 15) is 18.4 Å². The van der Waals surface area contributed by atoms with Crippen LogP contribution in [0.2, 0.25) is 0 Å². The van der Waals surface area contributed by atoms with Gasteiger partial charge in [-0.15, -0.1) is 11.3 Å². The molecule has 11 heteroatoms. The predicted molar refractivity (Wildman–Crippen MR) is 90.4 cm³/mol. The molecule has 0 saturated carbocycles. The van der Waals surface area contributed by atoms with Crippen molar-refractivity contribution in [1.29, 1.82) is 0 Å². The molecule has 1 amide bonds. The standard InChI is InChI=1S/C14H11F2N5O2S2/c15-13(16)25-10-5-2-1-4-9(10)17-11(22)8-20-14(23)21(19-18-20)12-6-3-7-24-12/h1-7,13H,8H2,(H,17,22). The van der Waals surface area contributed by atoms with Crippen LogP contribution in [-0.4, -0.2) is 31.5 Å². The molecule has 0 fully saturated rings. The summed E-state index contributed by atoms with van der Waals surface area (Å²) in [6.07, 6.45) is 0. The predicted octanol–water partition coefficient (Wildman–Crippen LogP) is 2.44. The third kappa shape index (κ3) is 4.12. The van der Waals surface area contributed by atoms with Gasteiger partial charge in [-0.25, -0.2) is 4.79 Å². The van der Waals surface area contributed by atoms with Gasteiger partial charge < -0.3 is 5.32 Å². The maximum absolute atomic E-state index is 12.6. The van der Waals surface area contributed by atoms with Gasteiger partial charge in [0.1, 0.15) is 11.5 Å². The second-order valence-electron chi connectivity index (χ2n) is 4.71. The van der Waals surface area contributed by atoms with Crippen molar-refractivity contribution in [2.24, 2.45) is 0 Å². The second kappa shape index (κ2) is 7.57. The maximum Gasteiger partial charge on any atom is 0.369 e. The summed E-state index contributed by atoms with van der Waals surface area (Å²) in [6.45, 7) is -0.377. The second-order valence-corrected chi connectivity index (χ2v) is 6.66. The molecule has 0 aliphatic carbocycles. The van der Waals surface area contributed by atoms with Crippen LogP contribution in [0.25, 0.3) is 5.00 Å². The smallest absolute Gasteiger partial charge is 0.323 e. The van der Waals surface area contributed by atoms with Crippen LogP contribution in [0, 0.1) is 0 Å². The zero-order valence-electron chi connectivity index (χ0n) is 12.5. The number of hydrogen-bond donors (Lipinski definition) is 1. The highest BCUT2D eigenvalue weighted by Crippen LogP contribution is 2.31. The van der Waals surface area contributed by atoms with Crippen molar-refractivity contribution < 1.29 is 13.6 Å². The van der Waals surface area contributed by atoms with Crippen molar-refractivity contribution in [2.45, 2.75) is 17.2 Å². The number of nitrogens with zero attached hydrogens (tertiary/aromatic N) is 4. The number of hydrogen-bond acceptors (Lipinski definition) is 6. The number of amides is 1. The Kier molecular flexibility index (Phi) is 5.24. The minimum atomic E-state index is -2.61. The molecule has 0 spiro atoms. The van der Waals surface area contributed by atoms with E-state index >= 15 is 0 Å². The minimum Gasteiger partial charge on any atom is -0.323 e. The number of carbonyl (C=O) groups excluding carboxylic acids is 1. The molecule has 0 saturated heterocycles. The average molecular weight is 383 g/mol. The third-order valence-electron chi connectivity index (χ3n) is 3.02. The Hall–Kier alpha value is -2.53. The molecule has 0 unspecified atom stereocenters. The lowest BCUT2D eigenvalue weighted by molar-refractivity contribution is -0.117. The van der Waals surface area contributed by atoms with E-state index in [1.54, 1.807) is 29.6 Å². The van der Waals surface area contributed by atoms with E-state index in [-0.39, 0.29) is 17.1 Å². The van der Waals surface area contributed by atoms with Gasteiger partial charge in [0.15, 0.2) is 0 Å². The van der Waals surface area contributed by atoms with Crippen LogP contribution < -0.4 is 11.0 Å². The summed E-state index contributed by atoms with van der Waals surface area (Å²) >= 11 is 1.64. The summed E-state index contributed by atoms with van der Waals surface area (Å²) in [5, 5.41) is 12.3. The Morgan fingerprint density at radius 1 is 1.24 bits per heavy atom. The van der Waals surface area contributed by atoms with E-state index in [1.807, 2.05) is 0 Å². The number of rotatable bonds is 6. The number of carbonyl (C=O) groups is 1. The summed E-state index contributed by atoms with van der Waals surface area (Å²) < 4.78 is 27.1. The third-order valence-corrected chi connectivity index (χ3v) is 4.66. The number of alkyl halides is 2. The van der Waals surface area contributed by atoms with Gasteiger partial charge in [-0.2, -0.15) is 18.1 Å². The maximum atomic E-state index is 12.6. The SMILES string of the molecule is O=C(Cn1nnn(-c2cccs2)c1=O)Nc1ccccc1SC(F)F. The van der Waals surface area contributed by atoms with Crippen molar-refractivity contribution >= 4 is 34.7 Å². The largest absolute Gasteiger partial charge is 0.369 e. The lowest BCUT2D eigenvalue weighted by atomic mass is 10.3. The van der Waals surface area contributed by atoms with E-state index in [0.717, 1.165) is 9.36 Å². The fourth-order valence-corrected chi connectivity index (χ4v) is 3.26. The van der Waals surface area contributed by atoms with E-state index in [0.29, 0.717) is 16.8 Å². The zero-order valence-corrected chi connectivity index (χ0v) is 14.1. The Morgan fingerprint density at radius 3 is 2.76 bits per heavy atom. The number of nitrogens with one attached hydrogen (secondary N) is 1. The fraction of sp³-hybridized carbons (Fsp3) is 0.143. The van der Waals surface area contributed by atoms with Crippen molar-refractivity contribution in [1.82, 2.24) is 19.8 Å². The van der Waals surface area contributed by atoms with Crippen LogP contribution in [0.5, 0.6) is 0 Å². The van der Waals surface area contributed by atoms with E-state index in [4.69, 9.17) is 0 Å². The normalized spacial score (nSPS) is 11.0. The molecule has 1 aromatic carbocycles. The van der Waals surface area contributed by atoms with E-state index < -0.39 is 17.4 Å². The molecule has 7 nitrogen and oxygen atoms in total. The average Bonchev–Trinajstić information content (AvgIpc) is 3.20. The van der Waals surface area contributed by atoms with Gasteiger partial charge >= 0.3 is 5.69 Å². The van der Waals surface area contributed by atoms with Crippen molar-refractivity contribution in [3.63, 3.8) is 0 Å². The zero-order chi connectivity index (χ0) is 17.8. The van der Waals surface area contributed by atoms with Gasteiger partial charge in [0.05, 0.1) is 5.69 Å². The number of para-hydroxylation sites is 1. The number of halogens is 2. The first-order chi connectivity index (χ1) is 12.0. The van der Waals surface area contributed by atoms with E-state index in [1.165, 1.54) is 23.5 Å². The van der Waals surface area contributed by atoms with Crippen LogP contribution in [0.15, 0.2) is 51.5 Å². The molecule has 0 atom stereocenters. The molecule has 3 rings (SSSR count). The number of thiophene rings is 1. The van der Waals surface area contributed by atoms with Crippen LogP contribution in [-0.2, 0) is 11.3 Å². The fourth-order valence-electron chi connectivity index (χ4n) is 2.00. The minimum absolute atomic E-state index is 0.237. The number of anilines is 1. The van der Waals surface area contributed by atoms with Crippen molar-refractivity contribution in [2.75, 3.05) is 5.32 Å². The first-order valence-electron chi connectivity index (χ1n) is 6.95. The molecular formula is C14H11F2N5O2S2. The lowest BCUT2D eigenvalue weighted by Crippen LogP contribution is -2.29. The summed E-state index contributed by atoms with van der Waals surface area (Å²) in [7, 11) is 0. The van der Waals surface area contributed by atoms with Crippen LogP contribution in [0.3, 0.4) is 0 Å². The van der Waals surface area contributed by atoms with Crippen LogP contribution in [0.1, 0.15) is 0 Å². The van der Waals surface area contributed by atoms with Gasteiger partial charge in [-0.05, 0) is 40.1 Å². The van der Waals surface area contributed by atoms with Gasteiger partial charge in [-0.3, -0.25) is 4.79 Å². The Labute approximate surface area is 148 Å². The van der Waals surface area contributed by atoms with Gasteiger partial charge in [-0.1, -0.05) is 23.9 Å². The summed E-state index contributed by atoms with van der Waals surface area (Å²) in [5.41, 5.74) is -0.315. The monoisotopic (exact) mass is 383 g/mol. The molecule has 2 heterocycles. The molecule has 25 heavy (non-hydrogen) atoms. The Balaban J connectivity index is 1.73. The highest BCUT2D eigenvalue weighted by Gasteiger charge is 2.15. The highest BCUT2D eigenvalue weighted by atomic mass is 32.2. The molecule has 3 aromatic rings. The molecule has 0 aliphatic heterocycles. The topological polar surface area (TPSA) is 81.8 Å². The summed E-state index contributed by atoms with van der Waals surface area (Å²) in [6, 6.07) is 9.65. The van der Waals surface area contributed by atoms with Gasteiger partial charge in [0.2, 0.25) is 5.91 Å². The summed E-state index contributed by atoms with van der Waals surface area (Å²) in [5.74, 6) is -3.17. The van der Waals surface area contributed by atoms with E-state index in [2.05, 4.69) is 15.7 Å². The lowest BCUT2D eigenvalue weighted by Gasteiger charge is -2.09. The van der Waals surface area contributed by atoms with Crippen LogP contribution >= 0.6 is 23.1 Å². The quantitative estimate of drug-likeness (QED) is 0.661. The number of thioether (sulfide) groups is 1. The molecule has 2 aromatic heterocycles. The number of benzene rings is 1. The number of tetrazole rings is 1. The Morgan fingerprint density at radius 2 is 2.04 bits per heavy atom. The molecule has 0 aliphatic rings. The van der Waals surface area contributed by atoms with Gasteiger partial charge in [0, 0.05) is 4.90 Å². The van der Waals surface area contributed by atoms with Crippen LogP contribution in [0.4, 0.5) is 14.5 Å². The molecule has 0 radical (unpaired) electrons.